The van der Waals surface area contributed by atoms with Gasteiger partial charge in [-0.25, -0.2) is 9.93 Å². The van der Waals surface area contributed by atoms with Gasteiger partial charge >= 0.3 is 5.97 Å². The fraction of sp³-hybridized carbons (Fsp3) is 0.625. The van der Waals surface area contributed by atoms with Gasteiger partial charge in [-0.15, -0.1) is 11.8 Å². The highest BCUT2D eigenvalue weighted by molar-refractivity contribution is 8.03. The molecule has 3 aliphatic heterocycles. The van der Waals surface area contributed by atoms with E-state index in [9.17, 15) is 28.2 Å². The summed E-state index contributed by atoms with van der Waals surface area (Å²) in [7, 11) is -3.91. The molecule has 2 saturated heterocycles. The fourth-order valence-electron chi connectivity index (χ4n) is 4.17. The highest BCUT2D eigenvalue weighted by Crippen LogP contribution is 2.51. The Morgan fingerprint density at radius 1 is 1.50 bits per heavy atom. The predicted octanol–water partition coefficient (Wildman–Crippen LogP) is -1.09. The smallest absolute Gasteiger partial charge is 0.353 e. The summed E-state index contributed by atoms with van der Waals surface area (Å²) < 4.78 is 24.5. The van der Waals surface area contributed by atoms with E-state index < -0.39 is 28.2 Å². The van der Waals surface area contributed by atoms with Crippen molar-refractivity contribution >= 4 is 33.8 Å². The molecule has 2 fully saturated rings. The second-order valence-electron chi connectivity index (χ2n) is 7.38. The van der Waals surface area contributed by atoms with Gasteiger partial charge < -0.3 is 20.4 Å². The van der Waals surface area contributed by atoms with Gasteiger partial charge in [0.1, 0.15) is 5.70 Å². The molecular formula is C16H24N4O6S2. The minimum atomic E-state index is -3.91. The lowest BCUT2D eigenvalue weighted by Gasteiger charge is -2.46. The average Bonchev–Trinajstić information content (AvgIpc) is 3.09. The van der Waals surface area contributed by atoms with E-state index in [0.717, 1.165) is 0 Å². The molecule has 3 rings (SSSR count). The van der Waals surface area contributed by atoms with Crippen LogP contribution in [0.3, 0.4) is 0 Å². The van der Waals surface area contributed by atoms with Crippen molar-refractivity contribution in [2.24, 2.45) is 17.0 Å². The van der Waals surface area contributed by atoms with E-state index in [4.69, 9.17) is 5.14 Å². The second-order valence-corrected chi connectivity index (χ2v) is 10.0. The van der Waals surface area contributed by atoms with Gasteiger partial charge in [0.15, 0.2) is 0 Å². The number of carbonyl (C=O) groups excluding carboxylic acids is 1. The molecule has 0 unspecified atom stereocenters. The summed E-state index contributed by atoms with van der Waals surface area (Å²) in [6, 6.07) is -0.685. The molecule has 0 radical (unpaired) electrons. The molecule has 1 amide bonds. The van der Waals surface area contributed by atoms with Gasteiger partial charge in [-0.2, -0.15) is 8.42 Å². The average molecular weight is 433 g/mol. The van der Waals surface area contributed by atoms with Crippen molar-refractivity contribution in [2.75, 3.05) is 6.54 Å². The Morgan fingerprint density at radius 3 is 2.68 bits per heavy atom. The molecule has 6 atom stereocenters. The van der Waals surface area contributed by atoms with E-state index in [2.05, 4.69) is 16.6 Å². The maximum absolute atomic E-state index is 12.4. The number of aliphatic hydroxyl groups excluding tert-OH is 1. The number of hydrogen-bond acceptors (Lipinski definition) is 7. The molecule has 0 saturated carbocycles. The number of carbonyl (C=O) groups is 2. The van der Waals surface area contributed by atoms with Crippen molar-refractivity contribution in [3.8, 4) is 0 Å². The van der Waals surface area contributed by atoms with Gasteiger partial charge in [0.2, 0.25) is 5.91 Å². The first-order chi connectivity index (χ1) is 12.9. The molecule has 10 nitrogen and oxygen atoms in total. The minimum Gasteiger partial charge on any atom is -0.477 e. The van der Waals surface area contributed by atoms with Gasteiger partial charge in [0.05, 0.1) is 18.1 Å². The van der Waals surface area contributed by atoms with Crippen LogP contribution in [0.2, 0.25) is 0 Å². The molecule has 6 N–H and O–H groups in total. The zero-order valence-electron chi connectivity index (χ0n) is 15.5. The first-order valence-electron chi connectivity index (χ1n) is 8.80. The third-order valence-corrected chi connectivity index (χ3v) is 7.45. The van der Waals surface area contributed by atoms with Crippen LogP contribution in [0.5, 0.6) is 0 Å². The number of nitrogens with one attached hydrogen (secondary N) is 2. The molecule has 0 aromatic carbocycles. The molecule has 12 heteroatoms. The SMILES string of the molecule is C=C(NS(N)(=O)=O)[C@@H]1C[C@H](SC2=C(C(=O)O)N3C(=O)[C@H]([C@@H](C)O)[C@H]3[C@H]2C)CN1. The highest BCUT2D eigenvalue weighted by Gasteiger charge is 2.60. The van der Waals surface area contributed by atoms with Crippen molar-refractivity contribution < 1.29 is 28.2 Å². The van der Waals surface area contributed by atoms with Crippen molar-refractivity contribution in [3.63, 3.8) is 0 Å². The van der Waals surface area contributed by atoms with Gasteiger partial charge in [0.25, 0.3) is 10.2 Å². The molecule has 0 aromatic heterocycles. The number of hydrogen-bond donors (Lipinski definition) is 5. The van der Waals surface area contributed by atoms with E-state index in [0.29, 0.717) is 17.9 Å². The number of carboxylic acid groups (broad SMARTS) is 1. The lowest BCUT2D eigenvalue weighted by Crippen LogP contribution is -2.63. The van der Waals surface area contributed by atoms with Gasteiger partial charge in [-0.3, -0.25) is 9.52 Å². The van der Waals surface area contributed by atoms with Crippen molar-refractivity contribution in [1.29, 1.82) is 0 Å². The number of nitrogens with zero attached hydrogens (tertiary/aromatic N) is 1. The number of amides is 1. The Kier molecular flexibility index (Phi) is 5.53. The number of aliphatic carboxylic acids is 1. The van der Waals surface area contributed by atoms with E-state index in [-0.39, 0.29) is 40.6 Å². The Hall–Kier alpha value is -1.60. The summed E-state index contributed by atoms with van der Waals surface area (Å²) in [5, 5.41) is 27.6. The number of thioether (sulfide) groups is 1. The summed E-state index contributed by atoms with van der Waals surface area (Å²) in [4.78, 5) is 26.1. The maximum atomic E-state index is 12.4. The van der Waals surface area contributed by atoms with Crippen molar-refractivity contribution in [3.05, 3.63) is 22.9 Å². The van der Waals surface area contributed by atoms with Gasteiger partial charge in [-0.1, -0.05) is 13.5 Å². The van der Waals surface area contributed by atoms with Crippen LogP contribution in [0.15, 0.2) is 22.9 Å². The number of nitrogens with two attached hydrogens (primary N) is 1. The maximum Gasteiger partial charge on any atom is 0.353 e. The summed E-state index contributed by atoms with van der Waals surface area (Å²) in [6.45, 7) is 7.60. The van der Waals surface area contributed by atoms with E-state index >= 15 is 0 Å². The predicted molar refractivity (Wildman–Crippen MR) is 103 cm³/mol. The lowest BCUT2D eigenvalue weighted by atomic mass is 9.79. The van der Waals surface area contributed by atoms with Crippen LogP contribution in [0.4, 0.5) is 0 Å². The Labute approximate surface area is 167 Å². The number of β-lactam (4-membered cyclic amide) rings is 1. The van der Waals surface area contributed by atoms with Crippen LogP contribution in [0.25, 0.3) is 0 Å². The first kappa shape index (κ1) is 21.1. The van der Waals surface area contributed by atoms with Crippen LogP contribution in [-0.2, 0) is 19.8 Å². The molecule has 0 aromatic rings. The molecule has 0 aliphatic carbocycles. The summed E-state index contributed by atoms with van der Waals surface area (Å²) >= 11 is 1.37. The topological polar surface area (TPSA) is 162 Å². The minimum absolute atomic E-state index is 0.0191. The Morgan fingerprint density at radius 2 is 2.14 bits per heavy atom. The van der Waals surface area contributed by atoms with Gasteiger partial charge in [-0.05, 0) is 13.3 Å². The third-order valence-electron chi connectivity index (χ3n) is 5.39. The van der Waals surface area contributed by atoms with E-state index in [1.54, 1.807) is 0 Å². The van der Waals surface area contributed by atoms with E-state index in [1.165, 1.54) is 23.6 Å². The number of rotatable bonds is 7. The zero-order valence-corrected chi connectivity index (χ0v) is 17.1. The van der Waals surface area contributed by atoms with Gasteiger partial charge in [0, 0.05) is 34.4 Å². The monoisotopic (exact) mass is 432 g/mol. The van der Waals surface area contributed by atoms with Crippen molar-refractivity contribution in [2.45, 2.75) is 43.7 Å². The lowest BCUT2D eigenvalue weighted by molar-refractivity contribution is -0.163. The van der Waals surface area contributed by atoms with Crippen molar-refractivity contribution in [1.82, 2.24) is 14.9 Å². The number of aliphatic hydroxyl groups is 1. The van der Waals surface area contributed by atoms with Crippen LogP contribution in [-0.4, -0.2) is 65.4 Å². The number of fused-ring (bicyclic) bond motifs is 1. The van der Waals surface area contributed by atoms with Crippen LogP contribution in [0, 0.1) is 11.8 Å². The molecule has 156 valence electrons. The summed E-state index contributed by atoms with van der Waals surface area (Å²) in [5.74, 6) is -2.35. The Bertz CT molecular complexity index is 855. The molecule has 28 heavy (non-hydrogen) atoms. The highest BCUT2D eigenvalue weighted by atomic mass is 32.2. The van der Waals surface area contributed by atoms with Crippen LogP contribution >= 0.6 is 11.8 Å². The fourth-order valence-corrected chi connectivity index (χ4v) is 6.16. The molecule has 3 heterocycles. The molecule has 3 aliphatic rings. The standard InChI is InChI=1S/C16H24N4O6S2/c1-6-12-11(8(3)21)15(22)20(12)13(16(23)24)14(6)27-9-4-10(18-5-9)7(2)19-28(17,25)26/h6,8-12,18-19,21H,2,4-5H2,1,3H3,(H,23,24)(H2,17,25,26)/t6-,8-,9+,10+,11-,12-/m1/s1. The largest absolute Gasteiger partial charge is 0.477 e. The number of carboxylic acids is 1. The third kappa shape index (κ3) is 3.66. The molecular weight excluding hydrogens is 408 g/mol. The molecule has 0 spiro atoms. The van der Waals surface area contributed by atoms with Crippen LogP contribution < -0.4 is 15.2 Å². The summed E-state index contributed by atoms with van der Waals surface area (Å²) in [6.07, 6.45) is -0.325. The van der Waals surface area contributed by atoms with E-state index in [1.807, 2.05) is 6.92 Å². The zero-order chi connectivity index (χ0) is 21.0. The normalized spacial score (nSPS) is 33.5. The Balaban J connectivity index is 1.74. The quantitative estimate of drug-likeness (QED) is 0.317. The molecule has 0 bridgehead atoms. The summed E-state index contributed by atoms with van der Waals surface area (Å²) in [5.41, 5.74) is 0.208. The first-order valence-corrected chi connectivity index (χ1v) is 11.2. The second kappa shape index (κ2) is 7.34. The van der Waals surface area contributed by atoms with Crippen LogP contribution in [0.1, 0.15) is 20.3 Å².